The van der Waals surface area contributed by atoms with Crippen LogP contribution in [0.4, 0.5) is 0 Å². The molecule has 0 spiro atoms. The van der Waals surface area contributed by atoms with Crippen LogP contribution in [0.1, 0.15) is 11.1 Å². The summed E-state index contributed by atoms with van der Waals surface area (Å²) in [5.41, 5.74) is 11.6. The zero-order valence-electron chi connectivity index (χ0n) is 25.8. The quantitative estimate of drug-likeness (QED) is 0.199. The van der Waals surface area contributed by atoms with Crippen LogP contribution in [-0.2, 0) is 0 Å². The van der Waals surface area contributed by atoms with Gasteiger partial charge in [-0.15, -0.1) is 0 Å². The molecule has 0 aliphatic rings. The average Bonchev–Trinajstić information content (AvgIpc) is 3.68. The molecule has 0 saturated carbocycles. The third kappa shape index (κ3) is 4.07. The van der Waals surface area contributed by atoms with Crippen molar-refractivity contribution in [2.45, 2.75) is 0 Å². The molecule has 2 heterocycles. The molecule has 222 valence electrons. The van der Waals surface area contributed by atoms with Crippen molar-refractivity contribution < 1.29 is 0 Å². The molecule has 7 aromatic carbocycles. The molecule has 0 amide bonds. The van der Waals surface area contributed by atoms with E-state index in [1.54, 1.807) is 0 Å². The Bertz CT molecular complexity index is 2750. The lowest BCUT2D eigenvalue weighted by Crippen LogP contribution is -1.99. The highest BCUT2D eigenvalue weighted by atomic mass is 15.0. The number of para-hydroxylation sites is 5. The van der Waals surface area contributed by atoms with Gasteiger partial charge in [-0.05, 0) is 71.3 Å². The fourth-order valence-electron chi connectivity index (χ4n) is 7.33. The smallest absolute Gasteiger partial charge is 0.101 e. The Morgan fingerprint density at radius 1 is 0.417 bits per heavy atom. The van der Waals surface area contributed by atoms with Gasteiger partial charge in [0.25, 0.3) is 0 Å². The standard InChI is InChI=1S/C44H26N4/c45-27-29-20-25-33(30-21-23-32(24-22-30)47-40-16-5-3-13-36(40)38-15-9-10-31(28-46)44(38)47)39(26-29)37-14-4-8-19-43(37)48-41-17-6-1-11-34(41)35-12-2-7-18-42(35)48/h1-26H. The summed E-state index contributed by atoms with van der Waals surface area (Å²) in [5.74, 6) is 0. The van der Waals surface area contributed by atoms with Crippen LogP contribution in [0.3, 0.4) is 0 Å². The minimum atomic E-state index is 0.608. The van der Waals surface area contributed by atoms with Crippen LogP contribution >= 0.6 is 0 Å². The molecule has 0 aliphatic carbocycles. The maximum absolute atomic E-state index is 10.0. The van der Waals surface area contributed by atoms with Gasteiger partial charge in [-0.25, -0.2) is 0 Å². The van der Waals surface area contributed by atoms with Crippen LogP contribution in [0.2, 0.25) is 0 Å². The normalized spacial score (nSPS) is 11.3. The van der Waals surface area contributed by atoms with E-state index in [1.807, 2.05) is 36.4 Å². The van der Waals surface area contributed by atoms with Crippen molar-refractivity contribution in [2.24, 2.45) is 0 Å². The predicted molar refractivity (Wildman–Crippen MR) is 195 cm³/mol. The first-order valence-corrected chi connectivity index (χ1v) is 15.9. The van der Waals surface area contributed by atoms with Crippen molar-refractivity contribution in [1.29, 1.82) is 10.5 Å². The fraction of sp³-hybridized carbons (Fsp3) is 0. The molecule has 9 rings (SSSR count). The van der Waals surface area contributed by atoms with Crippen LogP contribution < -0.4 is 0 Å². The molecule has 2 aromatic heterocycles. The lowest BCUT2D eigenvalue weighted by atomic mass is 9.91. The minimum Gasteiger partial charge on any atom is -0.309 e. The summed E-state index contributed by atoms with van der Waals surface area (Å²) in [5, 5.41) is 24.6. The van der Waals surface area contributed by atoms with Crippen LogP contribution in [-0.4, -0.2) is 9.13 Å². The largest absolute Gasteiger partial charge is 0.309 e. The number of rotatable bonds is 4. The van der Waals surface area contributed by atoms with E-state index in [-0.39, 0.29) is 0 Å². The Balaban J connectivity index is 1.24. The number of hydrogen-bond donors (Lipinski definition) is 0. The Kier molecular flexibility index (Phi) is 6.22. The number of nitrogens with zero attached hydrogens (tertiary/aromatic N) is 4. The lowest BCUT2D eigenvalue weighted by molar-refractivity contribution is 1.17. The van der Waals surface area contributed by atoms with E-state index < -0.39 is 0 Å². The van der Waals surface area contributed by atoms with E-state index in [0.717, 1.165) is 66.5 Å². The van der Waals surface area contributed by atoms with Crippen LogP contribution in [0.15, 0.2) is 158 Å². The van der Waals surface area contributed by atoms with Gasteiger partial charge in [-0.2, -0.15) is 10.5 Å². The summed E-state index contributed by atoms with van der Waals surface area (Å²) in [7, 11) is 0. The second-order valence-corrected chi connectivity index (χ2v) is 12.0. The van der Waals surface area contributed by atoms with Gasteiger partial charge in [0.1, 0.15) is 6.07 Å². The van der Waals surface area contributed by atoms with Gasteiger partial charge < -0.3 is 9.13 Å². The maximum atomic E-state index is 10.0. The molecule has 0 bridgehead atoms. The highest BCUT2D eigenvalue weighted by molar-refractivity contribution is 6.11. The topological polar surface area (TPSA) is 57.4 Å². The molecular weight excluding hydrogens is 585 g/mol. The number of aromatic nitrogens is 2. The van der Waals surface area contributed by atoms with Gasteiger partial charge >= 0.3 is 0 Å². The Morgan fingerprint density at radius 3 is 1.67 bits per heavy atom. The molecule has 48 heavy (non-hydrogen) atoms. The minimum absolute atomic E-state index is 0.608. The Morgan fingerprint density at radius 2 is 1.00 bits per heavy atom. The van der Waals surface area contributed by atoms with Gasteiger partial charge in [-0.3, -0.25) is 0 Å². The van der Waals surface area contributed by atoms with E-state index in [9.17, 15) is 10.5 Å². The van der Waals surface area contributed by atoms with Crippen LogP contribution in [0, 0.1) is 22.7 Å². The van der Waals surface area contributed by atoms with Crippen molar-refractivity contribution in [2.75, 3.05) is 0 Å². The zero-order valence-corrected chi connectivity index (χ0v) is 25.8. The molecular formula is C44H26N4. The molecule has 0 radical (unpaired) electrons. The summed E-state index contributed by atoms with van der Waals surface area (Å²) < 4.78 is 4.52. The number of fused-ring (bicyclic) bond motifs is 6. The summed E-state index contributed by atoms with van der Waals surface area (Å²) in [6, 6.07) is 58.9. The predicted octanol–water partition coefficient (Wildman–Crippen LogP) is 11.0. The van der Waals surface area contributed by atoms with Crippen molar-refractivity contribution in [3.05, 3.63) is 169 Å². The number of nitriles is 2. The second kappa shape index (κ2) is 10.9. The highest BCUT2D eigenvalue weighted by Gasteiger charge is 2.19. The lowest BCUT2D eigenvalue weighted by Gasteiger charge is -2.17. The summed E-state index contributed by atoms with van der Waals surface area (Å²) in [6.45, 7) is 0. The molecule has 0 atom stereocenters. The van der Waals surface area contributed by atoms with Crippen molar-refractivity contribution in [1.82, 2.24) is 9.13 Å². The third-order valence-electron chi connectivity index (χ3n) is 9.42. The van der Waals surface area contributed by atoms with Gasteiger partial charge in [0.05, 0.1) is 45.0 Å². The molecule has 4 heteroatoms. The zero-order chi connectivity index (χ0) is 32.2. The van der Waals surface area contributed by atoms with Crippen molar-refractivity contribution in [3.8, 4) is 45.8 Å². The van der Waals surface area contributed by atoms with E-state index in [0.29, 0.717) is 11.1 Å². The van der Waals surface area contributed by atoms with Crippen LogP contribution in [0.5, 0.6) is 0 Å². The maximum Gasteiger partial charge on any atom is 0.101 e. The first kappa shape index (κ1) is 27.4. The van der Waals surface area contributed by atoms with Gasteiger partial charge in [-0.1, -0.05) is 103 Å². The Hall–Kier alpha value is -6.88. The van der Waals surface area contributed by atoms with Crippen molar-refractivity contribution in [3.63, 3.8) is 0 Å². The van der Waals surface area contributed by atoms with E-state index >= 15 is 0 Å². The highest BCUT2D eigenvalue weighted by Crippen LogP contribution is 2.41. The number of hydrogen-bond acceptors (Lipinski definition) is 2. The SMILES string of the molecule is N#Cc1ccc(-c2ccc(-n3c4ccccc4c4cccc(C#N)c43)cc2)c(-c2ccccc2-n2c3ccccc3c3ccccc32)c1. The summed E-state index contributed by atoms with van der Waals surface area (Å²) in [4.78, 5) is 0. The summed E-state index contributed by atoms with van der Waals surface area (Å²) >= 11 is 0. The fourth-order valence-corrected chi connectivity index (χ4v) is 7.33. The Labute approximate surface area is 277 Å². The molecule has 0 unspecified atom stereocenters. The molecule has 9 aromatic rings. The molecule has 0 saturated heterocycles. The molecule has 0 N–H and O–H groups in total. The van der Waals surface area contributed by atoms with Gasteiger partial charge in [0, 0.05) is 32.8 Å². The first-order chi connectivity index (χ1) is 23.7. The third-order valence-corrected chi connectivity index (χ3v) is 9.42. The summed E-state index contributed by atoms with van der Waals surface area (Å²) in [6.07, 6.45) is 0. The molecule has 4 nitrogen and oxygen atoms in total. The van der Waals surface area contributed by atoms with Crippen LogP contribution in [0.25, 0.3) is 77.2 Å². The van der Waals surface area contributed by atoms with Gasteiger partial charge in [0.2, 0.25) is 0 Å². The molecule has 0 fully saturated rings. The molecule has 0 aliphatic heterocycles. The number of benzene rings is 7. The van der Waals surface area contributed by atoms with E-state index in [2.05, 4.69) is 143 Å². The van der Waals surface area contributed by atoms with Crippen molar-refractivity contribution >= 4 is 43.6 Å². The van der Waals surface area contributed by atoms with Gasteiger partial charge in [0.15, 0.2) is 0 Å². The average molecular weight is 611 g/mol. The van der Waals surface area contributed by atoms with E-state index in [4.69, 9.17) is 0 Å². The first-order valence-electron chi connectivity index (χ1n) is 15.9. The monoisotopic (exact) mass is 610 g/mol. The van der Waals surface area contributed by atoms with E-state index in [1.165, 1.54) is 10.8 Å². The second-order valence-electron chi connectivity index (χ2n) is 12.0.